The van der Waals surface area contributed by atoms with E-state index in [0.29, 0.717) is 29.8 Å². The van der Waals surface area contributed by atoms with Crippen LogP contribution in [0.5, 0.6) is 0 Å². The molecule has 2 aromatic heterocycles. The van der Waals surface area contributed by atoms with Gasteiger partial charge in [0.05, 0.1) is 11.6 Å². The van der Waals surface area contributed by atoms with Gasteiger partial charge in [-0.1, -0.05) is 30.8 Å². The first kappa shape index (κ1) is 26.0. The fourth-order valence-electron chi connectivity index (χ4n) is 5.52. The highest BCUT2D eigenvalue weighted by molar-refractivity contribution is 5.93. The largest absolute Gasteiger partial charge is 0.361 e. The summed E-state index contributed by atoms with van der Waals surface area (Å²) in [5.74, 6) is -0.496. The van der Waals surface area contributed by atoms with Crippen molar-refractivity contribution in [3.8, 4) is 6.07 Å². The molecular formula is C30H26F2N6O. The summed E-state index contributed by atoms with van der Waals surface area (Å²) in [6, 6.07) is 17.5. The Morgan fingerprint density at radius 3 is 2.10 bits per heavy atom. The Morgan fingerprint density at radius 2 is 1.56 bits per heavy atom. The lowest BCUT2D eigenvalue weighted by Gasteiger charge is -2.48. The average Bonchev–Trinajstić information content (AvgIpc) is 2.94. The second-order valence-electron chi connectivity index (χ2n) is 9.90. The van der Waals surface area contributed by atoms with Crippen LogP contribution in [0.2, 0.25) is 0 Å². The van der Waals surface area contributed by atoms with E-state index in [1.54, 1.807) is 43.4 Å². The number of hydrogen-bond acceptors (Lipinski definition) is 5. The summed E-state index contributed by atoms with van der Waals surface area (Å²) in [6.07, 6.45) is 0. The van der Waals surface area contributed by atoms with E-state index in [4.69, 9.17) is 6.57 Å². The lowest BCUT2D eigenvalue weighted by molar-refractivity contribution is 0.130. The third kappa shape index (κ3) is 4.62. The minimum atomic E-state index is -0.421. The SMILES string of the molecule is [C-]#[N+]c1ccc2c(n1)c(N1C[C@@H](C)N(C(c3ccc(F)cc3)c3ccc(F)cc3)C[C@@H]1C)c(C#N)c(=O)n2C. The Balaban J connectivity index is 1.61. The van der Waals surface area contributed by atoms with Gasteiger partial charge in [0.25, 0.3) is 11.4 Å². The molecule has 1 saturated heterocycles. The average molecular weight is 525 g/mol. The van der Waals surface area contributed by atoms with Gasteiger partial charge in [-0.3, -0.25) is 9.69 Å². The van der Waals surface area contributed by atoms with Gasteiger partial charge in [-0.25, -0.2) is 8.78 Å². The van der Waals surface area contributed by atoms with Gasteiger partial charge >= 0.3 is 0 Å². The molecule has 0 unspecified atom stereocenters. The lowest BCUT2D eigenvalue weighted by Crippen LogP contribution is -2.58. The summed E-state index contributed by atoms with van der Waals surface area (Å²) < 4.78 is 29.0. The Kier molecular flexibility index (Phi) is 6.86. The number of halogens is 2. The van der Waals surface area contributed by atoms with Crippen molar-refractivity contribution >= 4 is 22.5 Å². The molecule has 4 aromatic rings. The van der Waals surface area contributed by atoms with Gasteiger partial charge in [0.15, 0.2) is 0 Å². The van der Waals surface area contributed by atoms with Crippen LogP contribution in [0, 0.1) is 29.5 Å². The molecule has 2 aromatic carbocycles. The molecule has 0 amide bonds. The van der Waals surface area contributed by atoms with Crippen LogP contribution in [0.1, 0.15) is 36.6 Å². The summed E-state index contributed by atoms with van der Waals surface area (Å²) in [5, 5.41) is 10.0. The Labute approximate surface area is 225 Å². The fraction of sp³-hybridized carbons (Fsp3) is 0.267. The Hall–Kier alpha value is -4.60. The number of nitriles is 1. The molecule has 0 aliphatic carbocycles. The minimum Gasteiger partial charge on any atom is -0.361 e. The first-order valence-corrected chi connectivity index (χ1v) is 12.6. The van der Waals surface area contributed by atoms with Crippen LogP contribution in [0.25, 0.3) is 15.9 Å². The van der Waals surface area contributed by atoms with E-state index in [1.165, 1.54) is 28.8 Å². The first-order valence-electron chi connectivity index (χ1n) is 12.6. The number of hydrogen-bond donors (Lipinski definition) is 0. The fourth-order valence-corrected chi connectivity index (χ4v) is 5.52. The summed E-state index contributed by atoms with van der Waals surface area (Å²) in [7, 11) is 1.59. The number of anilines is 1. The summed E-state index contributed by atoms with van der Waals surface area (Å²) in [4.78, 5) is 25.4. The number of benzene rings is 2. The van der Waals surface area contributed by atoms with Crippen LogP contribution < -0.4 is 10.5 Å². The molecule has 1 fully saturated rings. The number of rotatable bonds is 4. The monoisotopic (exact) mass is 524 g/mol. The number of aromatic nitrogens is 2. The molecular weight excluding hydrogens is 498 g/mol. The summed E-state index contributed by atoms with van der Waals surface area (Å²) in [6.45, 7) is 12.5. The van der Waals surface area contributed by atoms with Crippen LogP contribution in [0.4, 0.5) is 20.3 Å². The maximum atomic E-state index is 13.8. The van der Waals surface area contributed by atoms with Crippen molar-refractivity contribution in [2.24, 2.45) is 7.05 Å². The first-order chi connectivity index (χ1) is 18.7. The van der Waals surface area contributed by atoms with Crippen molar-refractivity contribution in [3.05, 3.63) is 111 Å². The predicted octanol–water partition coefficient (Wildman–Crippen LogP) is 5.32. The third-order valence-corrected chi connectivity index (χ3v) is 7.45. The molecule has 0 bridgehead atoms. The molecule has 0 saturated carbocycles. The van der Waals surface area contributed by atoms with Gasteiger partial charge < -0.3 is 14.3 Å². The van der Waals surface area contributed by atoms with Gasteiger partial charge in [-0.15, -0.1) is 4.98 Å². The zero-order chi connectivity index (χ0) is 27.8. The number of piperazine rings is 1. The highest BCUT2D eigenvalue weighted by Crippen LogP contribution is 2.37. The van der Waals surface area contributed by atoms with E-state index >= 15 is 0 Å². The van der Waals surface area contributed by atoms with Crippen molar-refractivity contribution in [2.75, 3.05) is 18.0 Å². The molecule has 2 atom stereocenters. The van der Waals surface area contributed by atoms with Gasteiger partial charge in [-0.2, -0.15) is 5.26 Å². The van der Waals surface area contributed by atoms with Gasteiger partial charge in [0.2, 0.25) is 5.52 Å². The molecule has 7 nitrogen and oxygen atoms in total. The van der Waals surface area contributed by atoms with Gasteiger partial charge in [0.1, 0.15) is 29.0 Å². The Morgan fingerprint density at radius 1 is 0.974 bits per heavy atom. The molecule has 9 heteroatoms. The van der Waals surface area contributed by atoms with Crippen LogP contribution in [-0.4, -0.2) is 39.6 Å². The minimum absolute atomic E-state index is 0.0132. The van der Waals surface area contributed by atoms with Crippen molar-refractivity contribution in [2.45, 2.75) is 32.0 Å². The topological polar surface area (TPSA) is 69.5 Å². The van der Waals surface area contributed by atoms with Crippen molar-refractivity contribution in [1.29, 1.82) is 5.26 Å². The maximum absolute atomic E-state index is 13.8. The molecule has 5 rings (SSSR count). The van der Waals surface area contributed by atoms with Crippen molar-refractivity contribution in [3.63, 3.8) is 0 Å². The second-order valence-corrected chi connectivity index (χ2v) is 9.90. The number of pyridine rings is 2. The highest BCUT2D eigenvalue weighted by Gasteiger charge is 2.37. The third-order valence-electron chi connectivity index (χ3n) is 7.45. The van der Waals surface area contributed by atoms with Crippen LogP contribution in [-0.2, 0) is 7.05 Å². The van der Waals surface area contributed by atoms with E-state index in [1.807, 2.05) is 18.7 Å². The summed E-state index contributed by atoms with van der Waals surface area (Å²) >= 11 is 0. The van der Waals surface area contributed by atoms with E-state index < -0.39 is 5.56 Å². The van der Waals surface area contributed by atoms with E-state index in [9.17, 15) is 18.8 Å². The maximum Gasteiger partial charge on any atom is 0.271 e. The smallest absolute Gasteiger partial charge is 0.271 e. The molecule has 0 spiro atoms. The number of nitrogens with zero attached hydrogens (tertiary/aromatic N) is 6. The van der Waals surface area contributed by atoms with Gasteiger partial charge in [-0.05, 0) is 61.4 Å². The van der Waals surface area contributed by atoms with E-state index in [0.717, 1.165) is 11.1 Å². The predicted molar refractivity (Wildman–Crippen MR) is 146 cm³/mol. The zero-order valence-electron chi connectivity index (χ0n) is 21.8. The molecule has 1 aliphatic rings. The quantitative estimate of drug-likeness (QED) is 0.338. The molecule has 39 heavy (non-hydrogen) atoms. The molecule has 1 aliphatic heterocycles. The zero-order valence-corrected chi connectivity index (χ0v) is 21.8. The normalized spacial score (nSPS) is 17.8. The van der Waals surface area contributed by atoms with Crippen molar-refractivity contribution < 1.29 is 8.78 Å². The van der Waals surface area contributed by atoms with Crippen LogP contribution in [0.15, 0.2) is 65.5 Å². The standard InChI is InChI=1S/C30H26F2N6O/c1-18-17-38(29-24(15-33)30(39)36(4)25-13-14-26(34-3)35-27(25)29)19(2)16-37(18)28(20-5-9-22(31)10-6-20)21-7-11-23(32)12-8-21/h5-14,18-19,28H,16-17H2,1-2,4H3/t18-,19+/m1/s1. The number of aryl methyl sites for hydroxylation is 1. The number of fused-ring (bicyclic) bond motifs is 1. The molecule has 3 heterocycles. The molecule has 0 N–H and O–H groups in total. The van der Waals surface area contributed by atoms with Crippen LogP contribution >= 0.6 is 0 Å². The second kappa shape index (κ2) is 10.3. The van der Waals surface area contributed by atoms with Crippen LogP contribution in [0.3, 0.4) is 0 Å². The Bertz CT molecular complexity index is 1640. The molecule has 0 radical (unpaired) electrons. The highest BCUT2D eigenvalue weighted by atomic mass is 19.1. The molecule has 196 valence electrons. The lowest BCUT2D eigenvalue weighted by atomic mass is 9.93. The van der Waals surface area contributed by atoms with E-state index in [-0.39, 0.29) is 41.1 Å². The summed E-state index contributed by atoms with van der Waals surface area (Å²) in [5.41, 5.74) is 2.71. The van der Waals surface area contributed by atoms with Crippen molar-refractivity contribution in [1.82, 2.24) is 14.5 Å². The van der Waals surface area contributed by atoms with Gasteiger partial charge in [0, 0.05) is 32.2 Å². The van der Waals surface area contributed by atoms with E-state index in [2.05, 4.69) is 20.8 Å².